The van der Waals surface area contributed by atoms with E-state index in [0.29, 0.717) is 0 Å². The zero-order chi connectivity index (χ0) is 11.4. The molecule has 0 radical (unpaired) electrons. The molecule has 2 rings (SSSR count). The minimum atomic E-state index is -0.184. The molecule has 0 amide bonds. The lowest BCUT2D eigenvalue weighted by atomic mass is 10.1. The highest BCUT2D eigenvalue weighted by Gasteiger charge is 2.11. The Morgan fingerprint density at radius 2 is 2.38 bits per heavy atom. The number of nitrogens with zero attached hydrogens (tertiary/aromatic N) is 1. The van der Waals surface area contributed by atoms with Crippen LogP contribution in [0.15, 0.2) is 36.0 Å². The van der Waals surface area contributed by atoms with E-state index < -0.39 is 0 Å². The number of thiazole rings is 1. The molecular weight excluding hydrogens is 223 g/mol. The summed E-state index contributed by atoms with van der Waals surface area (Å²) >= 11 is 1.61. The predicted molar refractivity (Wildman–Crippen MR) is 64.0 cm³/mol. The van der Waals surface area contributed by atoms with Gasteiger partial charge in [0.05, 0.1) is 5.51 Å². The molecule has 2 nitrogen and oxygen atoms in total. The fraction of sp³-hybridized carbons (Fsp3) is 0.250. The maximum absolute atomic E-state index is 13.0. The first-order valence-electron chi connectivity index (χ1n) is 5.09. The normalized spacial score (nSPS) is 12.6. The van der Waals surface area contributed by atoms with Crippen molar-refractivity contribution in [2.75, 3.05) is 7.05 Å². The Kier molecular flexibility index (Phi) is 3.64. The molecule has 1 N–H and O–H groups in total. The molecule has 0 aliphatic heterocycles. The molecule has 1 aromatic carbocycles. The van der Waals surface area contributed by atoms with E-state index in [9.17, 15) is 4.39 Å². The first-order chi connectivity index (χ1) is 7.79. The van der Waals surface area contributed by atoms with Crippen LogP contribution in [0.2, 0.25) is 0 Å². The maximum atomic E-state index is 13.0. The van der Waals surface area contributed by atoms with Gasteiger partial charge in [-0.3, -0.25) is 4.98 Å². The molecule has 0 saturated heterocycles. The zero-order valence-electron chi connectivity index (χ0n) is 8.98. The van der Waals surface area contributed by atoms with E-state index in [1.165, 1.54) is 10.9 Å². The van der Waals surface area contributed by atoms with Crippen molar-refractivity contribution in [1.29, 1.82) is 0 Å². The summed E-state index contributed by atoms with van der Waals surface area (Å²) in [5.41, 5.74) is 2.80. The first-order valence-corrected chi connectivity index (χ1v) is 5.97. The minimum absolute atomic E-state index is 0.184. The van der Waals surface area contributed by atoms with Crippen LogP contribution in [-0.2, 0) is 6.42 Å². The molecular formula is C12H13FN2S. The fourth-order valence-corrected chi connectivity index (χ4v) is 2.37. The second-order valence-electron chi connectivity index (χ2n) is 3.58. The number of nitrogens with one attached hydrogen (secondary N) is 1. The summed E-state index contributed by atoms with van der Waals surface area (Å²) in [7, 11) is 1.91. The second-order valence-corrected chi connectivity index (χ2v) is 4.50. The Labute approximate surface area is 98.2 Å². The standard InChI is InChI=1S/C12H13FN2S/c1-14-11(12-7-15-8-16-12)6-9-3-2-4-10(13)5-9/h2-5,7-8,11,14H,6H2,1H3. The summed E-state index contributed by atoms with van der Waals surface area (Å²) in [5, 5.41) is 3.22. The molecule has 0 aliphatic rings. The van der Waals surface area contributed by atoms with E-state index >= 15 is 0 Å². The molecule has 1 aromatic heterocycles. The third-order valence-corrected chi connectivity index (χ3v) is 3.36. The van der Waals surface area contributed by atoms with E-state index in [-0.39, 0.29) is 11.9 Å². The Morgan fingerprint density at radius 3 is 3.00 bits per heavy atom. The molecule has 0 fully saturated rings. The lowest BCUT2D eigenvalue weighted by molar-refractivity contribution is 0.591. The average molecular weight is 236 g/mol. The highest BCUT2D eigenvalue weighted by atomic mass is 32.1. The number of rotatable bonds is 4. The average Bonchev–Trinajstić information content (AvgIpc) is 2.79. The van der Waals surface area contributed by atoms with Crippen molar-refractivity contribution < 1.29 is 4.39 Å². The summed E-state index contributed by atoms with van der Waals surface area (Å²) in [4.78, 5) is 5.23. The quantitative estimate of drug-likeness (QED) is 0.883. The van der Waals surface area contributed by atoms with Gasteiger partial charge in [-0.25, -0.2) is 4.39 Å². The van der Waals surface area contributed by atoms with Crippen LogP contribution in [0.5, 0.6) is 0 Å². The van der Waals surface area contributed by atoms with Crippen LogP contribution >= 0.6 is 11.3 Å². The Hall–Kier alpha value is -1.26. The number of halogens is 1. The summed E-state index contributed by atoms with van der Waals surface area (Å²) in [6.45, 7) is 0. The van der Waals surface area contributed by atoms with E-state index in [0.717, 1.165) is 12.0 Å². The number of hydrogen-bond acceptors (Lipinski definition) is 3. The van der Waals surface area contributed by atoms with Crippen LogP contribution in [-0.4, -0.2) is 12.0 Å². The van der Waals surface area contributed by atoms with Crippen molar-refractivity contribution in [3.05, 3.63) is 52.2 Å². The molecule has 16 heavy (non-hydrogen) atoms. The summed E-state index contributed by atoms with van der Waals surface area (Å²) < 4.78 is 13.0. The highest BCUT2D eigenvalue weighted by Crippen LogP contribution is 2.21. The van der Waals surface area contributed by atoms with Crippen molar-refractivity contribution in [2.45, 2.75) is 12.5 Å². The van der Waals surface area contributed by atoms with Gasteiger partial charge >= 0.3 is 0 Å². The molecule has 0 aliphatic carbocycles. The number of benzene rings is 1. The van der Waals surface area contributed by atoms with Gasteiger partial charge in [0.2, 0.25) is 0 Å². The van der Waals surface area contributed by atoms with Gasteiger partial charge in [0, 0.05) is 17.1 Å². The van der Waals surface area contributed by atoms with Gasteiger partial charge in [-0.2, -0.15) is 0 Å². The summed E-state index contributed by atoms with van der Waals surface area (Å²) in [6, 6.07) is 6.92. The predicted octanol–water partition coefficient (Wildman–Crippen LogP) is 2.79. The van der Waals surface area contributed by atoms with Gasteiger partial charge in [-0.1, -0.05) is 12.1 Å². The molecule has 0 saturated carbocycles. The van der Waals surface area contributed by atoms with Crippen molar-refractivity contribution >= 4 is 11.3 Å². The van der Waals surface area contributed by atoms with Gasteiger partial charge < -0.3 is 5.32 Å². The number of likely N-dealkylation sites (N-methyl/N-ethyl adjacent to an activating group) is 1. The largest absolute Gasteiger partial charge is 0.312 e. The third kappa shape index (κ3) is 2.65. The van der Waals surface area contributed by atoms with E-state index in [1.807, 2.05) is 24.8 Å². The van der Waals surface area contributed by atoms with Crippen LogP contribution < -0.4 is 5.32 Å². The minimum Gasteiger partial charge on any atom is -0.312 e. The van der Waals surface area contributed by atoms with E-state index in [2.05, 4.69) is 10.3 Å². The van der Waals surface area contributed by atoms with Crippen LogP contribution in [0, 0.1) is 5.82 Å². The molecule has 0 bridgehead atoms. The van der Waals surface area contributed by atoms with Crippen LogP contribution in [0.3, 0.4) is 0 Å². The van der Waals surface area contributed by atoms with Crippen molar-refractivity contribution in [2.24, 2.45) is 0 Å². The van der Waals surface area contributed by atoms with Crippen molar-refractivity contribution in [1.82, 2.24) is 10.3 Å². The maximum Gasteiger partial charge on any atom is 0.123 e. The number of aromatic nitrogens is 1. The van der Waals surface area contributed by atoms with Crippen LogP contribution in [0.25, 0.3) is 0 Å². The van der Waals surface area contributed by atoms with E-state index in [1.54, 1.807) is 23.5 Å². The Morgan fingerprint density at radius 1 is 1.50 bits per heavy atom. The SMILES string of the molecule is CNC(Cc1cccc(F)c1)c1cncs1. The van der Waals surface area contributed by atoms with Gasteiger partial charge in [-0.05, 0) is 31.2 Å². The van der Waals surface area contributed by atoms with Crippen molar-refractivity contribution in [3.8, 4) is 0 Å². The fourth-order valence-electron chi connectivity index (χ4n) is 1.64. The third-order valence-electron chi connectivity index (χ3n) is 2.47. The first kappa shape index (κ1) is 11.2. The highest BCUT2D eigenvalue weighted by molar-refractivity contribution is 7.09. The summed E-state index contributed by atoms with van der Waals surface area (Å²) in [6.07, 6.45) is 2.63. The number of hydrogen-bond donors (Lipinski definition) is 1. The molecule has 1 unspecified atom stereocenters. The molecule has 0 spiro atoms. The van der Waals surface area contributed by atoms with Gasteiger partial charge in [0.1, 0.15) is 5.82 Å². The smallest absolute Gasteiger partial charge is 0.123 e. The summed E-state index contributed by atoms with van der Waals surface area (Å²) in [5.74, 6) is -0.184. The van der Waals surface area contributed by atoms with Crippen LogP contribution in [0.4, 0.5) is 4.39 Å². The Balaban J connectivity index is 2.13. The molecule has 1 heterocycles. The zero-order valence-corrected chi connectivity index (χ0v) is 9.80. The van der Waals surface area contributed by atoms with Gasteiger partial charge in [0.15, 0.2) is 0 Å². The van der Waals surface area contributed by atoms with Crippen molar-refractivity contribution in [3.63, 3.8) is 0 Å². The molecule has 4 heteroatoms. The Bertz CT molecular complexity index is 442. The molecule has 1 atom stereocenters. The monoisotopic (exact) mass is 236 g/mol. The lowest BCUT2D eigenvalue weighted by Gasteiger charge is -2.13. The molecule has 2 aromatic rings. The lowest BCUT2D eigenvalue weighted by Crippen LogP contribution is -2.17. The van der Waals surface area contributed by atoms with Gasteiger partial charge in [0.25, 0.3) is 0 Å². The second kappa shape index (κ2) is 5.18. The molecule has 84 valence electrons. The van der Waals surface area contributed by atoms with E-state index in [4.69, 9.17) is 0 Å². The van der Waals surface area contributed by atoms with Gasteiger partial charge in [-0.15, -0.1) is 11.3 Å². The topological polar surface area (TPSA) is 24.9 Å². The van der Waals surface area contributed by atoms with Crippen LogP contribution in [0.1, 0.15) is 16.5 Å².